The minimum atomic E-state index is 0.453. The summed E-state index contributed by atoms with van der Waals surface area (Å²) in [6.07, 6.45) is 9.57. The first-order valence-electron chi connectivity index (χ1n) is 6.45. The molecule has 2 aliphatic rings. The van der Waals surface area contributed by atoms with Crippen molar-refractivity contribution >= 4 is 23.5 Å². The van der Waals surface area contributed by atoms with Crippen LogP contribution in [0.25, 0.3) is 0 Å². The van der Waals surface area contributed by atoms with E-state index >= 15 is 0 Å². The van der Waals surface area contributed by atoms with Crippen LogP contribution in [0, 0.1) is 0 Å². The van der Waals surface area contributed by atoms with Gasteiger partial charge in [0.15, 0.2) is 0 Å². The van der Waals surface area contributed by atoms with Gasteiger partial charge in [0.05, 0.1) is 12.2 Å². The van der Waals surface area contributed by atoms with E-state index in [0.717, 1.165) is 12.8 Å². The summed E-state index contributed by atoms with van der Waals surface area (Å²) in [4.78, 5) is 0. The van der Waals surface area contributed by atoms with E-state index in [1.807, 2.05) is 35.7 Å². The van der Waals surface area contributed by atoms with E-state index in [2.05, 4.69) is 13.2 Å². The Morgan fingerprint density at radius 1 is 0.941 bits per heavy atom. The fourth-order valence-corrected chi connectivity index (χ4v) is 5.28. The molecule has 2 aliphatic heterocycles. The number of rotatable bonds is 6. The Kier molecular flexibility index (Phi) is 5.51. The van der Waals surface area contributed by atoms with E-state index in [1.165, 1.54) is 24.3 Å². The van der Waals surface area contributed by atoms with E-state index in [1.54, 1.807) is 0 Å². The maximum absolute atomic E-state index is 6.37. The van der Waals surface area contributed by atoms with Crippen LogP contribution in [-0.4, -0.2) is 34.2 Å². The number of ether oxygens (including phenoxy) is 1. The third-order valence-electron chi connectivity index (χ3n) is 3.45. The van der Waals surface area contributed by atoms with Gasteiger partial charge in [-0.25, -0.2) is 0 Å². The van der Waals surface area contributed by atoms with Crippen LogP contribution in [0.4, 0.5) is 0 Å². The summed E-state index contributed by atoms with van der Waals surface area (Å²) in [5.74, 6) is 2.49. The molecule has 2 fully saturated rings. The SMILES string of the molecule is C=CCC1SCCC1OC1CCSC1CC=C. The van der Waals surface area contributed by atoms with Crippen LogP contribution in [0.1, 0.15) is 25.7 Å². The Bertz CT molecular complexity index is 241. The molecule has 0 aromatic rings. The molecule has 0 amide bonds. The lowest BCUT2D eigenvalue weighted by molar-refractivity contribution is -0.00828. The van der Waals surface area contributed by atoms with Gasteiger partial charge in [-0.2, -0.15) is 23.5 Å². The maximum atomic E-state index is 6.37. The molecule has 2 rings (SSSR count). The first kappa shape index (κ1) is 13.6. The van der Waals surface area contributed by atoms with Crippen LogP contribution in [0.5, 0.6) is 0 Å². The Hall–Kier alpha value is 0.140. The van der Waals surface area contributed by atoms with Crippen molar-refractivity contribution < 1.29 is 4.74 Å². The molecule has 0 saturated carbocycles. The highest BCUT2D eigenvalue weighted by Gasteiger charge is 2.34. The Balaban J connectivity index is 1.86. The summed E-state index contributed by atoms with van der Waals surface area (Å²) in [5.41, 5.74) is 0. The van der Waals surface area contributed by atoms with Gasteiger partial charge in [0.25, 0.3) is 0 Å². The van der Waals surface area contributed by atoms with Crippen LogP contribution in [0.3, 0.4) is 0 Å². The summed E-state index contributed by atoms with van der Waals surface area (Å²) >= 11 is 4.10. The second kappa shape index (κ2) is 6.91. The zero-order chi connectivity index (χ0) is 12.1. The Morgan fingerprint density at radius 2 is 1.41 bits per heavy atom. The van der Waals surface area contributed by atoms with Crippen LogP contribution in [-0.2, 0) is 4.74 Å². The van der Waals surface area contributed by atoms with Gasteiger partial charge in [-0.15, -0.1) is 13.2 Å². The van der Waals surface area contributed by atoms with Gasteiger partial charge in [-0.1, -0.05) is 12.2 Å². The fraction of sp³-hybridized carbons (Fsp3) is 0.714. The molecule has 0 spiro atoms. The zero-order valence-corrected chi connectivity index (χ0v) is 12.0. The molecular formula is C14H22OS2. The molecule has 96 valence electrons. The molecule has 0 aliphatic carbocycles. The van der Waals surface area contributed by atoms with Crippen molar-refractivity contribution in [3.63, 3.8) is 0 Å². The molecule has 17 heavy (non-hydrogen) atoms. The van der Waals surface area contributed by atoms with Crippen molar-refractivity contribution in [1.82, 2.24) is 0 Å². The molecule has 2 saturated heterocycles. The quantitative estimate of drug-likeness (QED) is 0.677. The van der Waals surface area contributed by atoms with Crippen LogP contribution in [0.2, 0.25) is 0 Å². The van der Waals surface area contributed by atoms with Crippen molar-refractivity contribution in [3.05, 3.63) is 25.3 Å². The average molecular weight is 270 g/mol. The first-order chi connectivity index (χ1) is 8.35. The lowest BCUT2D eigenvalue weighted by atomic mass is 10.1. The molecule has 1 nitrogen and oxygen atoms in total. The van der Waals surface area contributed by atoms with Crippen molar-refractivity contribution in [2.75, 3.05) is 11.5 Å². The second-order valence-electron chi connectivity index (χ2n) is 4.66. The van der Waals surface area contributed by atoms with Gasteiger partial charge < -0.3 is 4.74 Å². The molecule has 3 heteroatoms. The highest BCUT2D eigenvalue weighted by molar-refractivity contribution is 8.00. The molecule has 0 bridgehead atoms. The number of hydrogen-bond acceptors (Lipinski definition) is 3. The van der Waals surface area contributed by atoms with Crippen LogP contribution < -0.4 is 0 Å². The smallest absolute Gasteiger partial charge is 0.0708 e. The first-order valence-corrected chi connectivity index (χ1v) is 8.55. The van der Waals surface area contributed by atoms with Crippen LogP contribution >= 0.6 is 23.5 Å². The van der Waals surface area contributed by atoms with Gasteiger partial charge in [0.1, 0.15) is 0 Å². The molecule has 4 unspecified atom stereocenters. The van der Waals surface area contributed by atoms with Gasteiger partial charge in [-0.05, 0) is 37.2 Å². The predicted molar refractivity (Wildman–Crippen MR) is 80.0 cm³/mol. The predicted octanol–water partition coefficient (Wildman–Crippen LogP) is 3.90. The molecule has 0 aromatic heterocycles. The highest BCUT2D eigenvalue weighted by atomic mass is 32.2. The number of allylic oxidation sites excluding steroid dienone is 2. The third-order valence-corrected chi connectivity index (χ3v) is 6.24. The lowest BCUT2D eigenvalue weighted by Crippen LogP contribution is -2.31. The number of thioether (sulfide) groups is 2. The summed E-state index contributed by atoms with van der Waals surface area (Å²) in [6.45, 7) is 7.70. The highest BCUT2D eigenvalue weighted by Crippen LogP contribution is 2.37. The van der Waals surface area contributed by atoms with E-state index < -0.39 is 0 Å². The van der Waals surface area contributed by atoms with Crippen molar-refractivity contribution in [2.45, 2.75) is 48.4 Å². The minimum absolute atomic E-state index is 0.453. The second-order valence-corrected chi connectivity index (χ2v) is 7.35. The third kappa shape index (κ3) is 3.55. The normalized spacial score (nSPS) is 37.2. The van der Waals surface area contributed by atoms with E-state index in [9.17, 15) is 0 Å². The van der Waals surface area contributed by atoms with Gasteiger partial charge in [-0.3, -0.25) is 0 Å². The minimum Gasteiger partial charge on any atom is -0.373 e. The lowest BCUT2D eigenvalue weighted by Gasteiger charge is -2.25. The van der Waals surface area contributed by atoms with Crippen molar-refractivity contribution in [2.24, 2.45) is 0 Å². The molecule has 0 N–H and O–H groups in total. The monoisotopic (exact) mass is 270 g/mol. The van der Waals surface area contributed by atoms with Crippen LogP contribution in [0.15, 0.2) is 25.3 Å². The Morgan fingerprint density at radius 3 is 1.82 bits per heavy atom. The zero-order valence-electron chi connectivity index (χ0n) is 10.3. The van der Waals surface area contributed by atoms with Gasteiger partial charge in [0.2, 0.25) is 0 Å². The standard InChI is InChI=1S/C14H22OS2/c1-3-5-13-11(7-9-16-13)15-12-8-10-17-14(12)6-4-2/h3-4,11-14H,1-2,5-10H2. The summed E-state index contributed by atoms with van der Waals surface area (Å²) < 4.78 is 6.37. The average Bonchev–Trinajstić information content (AvgIpc) is 2.92. The van der Waals surface area contributed by atoms with Gasteiger partial charge in [0, 0.05) is 10.5 Å². The molecule has 4 atom stereocenters. The summed E-state index contributed by atoms with van der Waals surface area (Å²) in [5, 5.41) is 1.28. The van der Waals surface area contributed by atoms with Gasteiger partial charge >= 0.3 is 0 Å². The maximum Gasteiger partial charge on any atom is 0.0708 e. The molecule has 0 radical (unpaired) electrons. The van der Waals surface area contributed by atoms with E-state index in [4.69, 9.17) is 4.74 Å². The fourth-order valence-electron chi connectivity index (χ4n) is 2.56. The molecule has 2 heterocycles. The molecule has 0 aromatic carbocycles. The summed E-state index contributed by atoms with van der Waals surface area (Å²) in [6, 6.07) is 0. The topological polar surface area (TPSA) is 9.23 Å². The van der Waals surface area contributed by atoms with Crippen molar-refractivity contribution in [1.29, 1.82) is 0 Å². The Labute approximate surface area is 113 Å². The molecular weight excluding hydrogens is 248 g/mol. The van der Waals surface area contributed by atoms with E-state index in [0.29, 0.717) is 22.7 Å². The van der Waals surface area contributed by atoms with Crippen molar-refractivity contribution in [3.8, 4) is 0 Å². The summed E-state index contributed by atoms with van der Waals surface area (Å²) in [7, 11) is 0. The van der Waals surface area contributed by atoms with E-state index in [-0.39, 0.29) is 0 Å². The number of hydrogen-bond donors (Lipinski definition) is 0. The largest absolute Gasteiger partial charge is 0.373 e.